The number of benzene rings is 2. The minimum Gasteiger partial charge on any atom is -0.466 e. The van der Waals surface area contributed by atoms with Gasteiger partial charge >= 0.3 is 11.9 Å². The fourth-order valence-corrected chi connectivity index (χ4v) is 3.90. The van der Waals surface area contributed by atoms with Gasteiger partial charge in [0.1, 0.15) is 11.5 Å². The van der Waals surface area contributed by atoms with Gasteiger partial charge in [-0.1, -0.05) is 36.4 Å². The number of hydrogen-bond donors (Lipinski definition) is 2. The van der Waals surface area contributed by atoms with Crippen LogP contribution in [0.25, 0.3) is 0 Å². The molecular weight excluding hydrogens is 424 g/mol. The van der Waals surface area contributed by atoms with Gasteiger partial charge in [0.2, 0.25) is 5.91 Å². The second kappa shape index (κ2) is 9.28. The monoisotopic (exact) mass is 446 g/mol. The lowest BCUT2D eigenvalue weighted by Gasteiger charge is -2.36. The lowest BCUT2D eigenvalue weighted by atomic mass is 9.80. The molecule has 4 N–H and O–H groups in total. The Balaban J connectivity index is 2.46. The molecule has 1 atom stereocenters. The van der Waals surface area contributed by atoms with Crippen LogP contribution in [-0.2, 0) is 19.1 Å². The van der Waals surface area contributed by atoms with Crippen LogP contribution >= 0.6 is 0 Å². The highest BCUT2D eigenvalue weighted by atomic mass is 16.5. The summed E-state index contributed by atoms with van der Waals surface area (Å²) >= 11 is 0. The van der Waals surface area contributed by atoms with E-state index in [0.717, 1.165) is 7.11 Å². The third-order valence-electron chi connectivity index (χ3n) is 5.42. The quantitative estimate of drug-likeness (QED) is 0.662. The van der Waals surface area contributed by atoms with Crippen molar-refractivity contribution in [2.45, 2.75) is 12.8 Å². The molecule has 1 aliphatic rings. The van der Waals surface area contributed by atoms with Crippen LogP contribution < -0.4 is 16.4 Å². The Morgan fingerprint density at radius 3 is 2.18 bits per heavy atom. The minimum absolute atomic E-state index is 0.0260. The van der Waals surface area contributed by atoms with Crippen molar-refractivity contribution in [1.82, 2.24) is 0 Å². The standard InChI is InChI=1S/C24H22N4O5/c1-13-15(22(27)29)10-7-11-17(13)28-20(24(31)33-3)19(23(30)32-2)18(16(12-25)21(28)26)14-8-5-4-6-9-14/h4-11,18H,26H2,1-3H3,(H2,27,29). The molecule has 168 valence electrons. The fraction of sp³-hybridized carbons (Fsp3) is 0.167. The number of carbonyl (C=O) groups excluding carboxylic acids is 3. The first-order chi connectivity index (χ1) is 15.8. The van der Waals surface area contributed by atoms with Crippen LogP contribution in [0, 0.1) is 18.3 Å². The highest BCUT2D eigenvalue weighted by Gasteiger charge is 2.43. The molecular formula is C24H22N4O5. The molecule has 3 rings (SSSR count). The number of nitrogens with two attached hydrogens (primary N) is 2. The van der Waals surface area contributed by atoms with Gasteiger partial charge < -0.3 is 20.9 Å². The molecule has 33 heavy (non-hydrogen) atoms. The smallest absolute Gasteiger partial charge is 0.355 e. The normalized spacial score (nSPS) is 15.7. The average molecular weight is 446 g/mol. The number of methoxy groups -OCH3 is 2. The number of amides is 1. The number of nitrogens with zero attached hydrogens (tertiary/aromatic N) is 2. The first-order valence-electron chi connectivity index (χ1n) is 9.83. The molecule has 2 aromatic rings. The van der Waals surface area contributed by atoms with E-state index in [0.29, 0.717) is 11.1 Å². The third-order valence-corrected chi connectivity index (χ3v) is 5.42. The van der Waals surface area contributed by atoms with Crippen LogP contribution in [0.5, 0.6) is 0 Å². The molecule has 9 heteroatoms. The number of rotatable bonds is 5. The van der Waals surface area contributed by atoms with Gasteiger partial charge in [-0.05, 0) is 30.2 Å². The van der Waals surface area contributed by atoms with Crippen molar-refractivity contribution in [3.8, 4) is 6.07 Å². The highest BCUT2D eigenvalue weighted by molar-refractivity contribution is 6.07. The summed E-state index contributed by atoms with van der Waals surface area (Å²) in [6, 6.07) is 15.4. The second-order valence-electron chi connectivity index (χ2n) is 7.15. The van der Waals surface area contributed by atoms with Gasteiger partial charge in [-0.2, -0.15) is 5.26 Å². The zero-order valence-corrected chi connectivity index (χ0v) is 18.3. The maximum Gasteiger partial charge on any atom is 0.355 e. The number of anilines is 1. The molecule has 0 aromatic heterocycles. The van der Waals surface area contributed by atoms with Gasteiger partial charge in [-0.25, -0.2) is 9.59 Å². The summed E-state index contributed by atoms with van der Waals surface area (Å²) in [6.07, 6.45) is 0. The number of primary amides is 1. The molecule has 0 fully saturated rings. The van der Waals surface area contributed by atoms with Crippen molar-refractivity contribution in [2.75, 3.05) is 19.1 Å². The van der Waals surface area contributed by atoms with Gasteiger partial charge in [0.05, 0.1) is 43.0 Å². The number of carbonyl (C=O) groups is 3. The highest BCUT2D eigenvalue weighted by Crippen LogP contribution is 2.44. The molecule has 1 aliphatic heterocycles. The molecule has 1 heterocycles. The average Bonchev–Trinajstić information content (AvgIpc) is 2.83. The van der Waals surface area contributed by atoms with Crippen LogP contribution in [-0.4, -0.2) is 32.1 Å². The molecule has 9 nitrogen and oxygen atoms in total. The first-order valence-corrected chi connectivity index (χ1v) is 9.83. The molecule has 0 radical (unpaired) electrons. The van der Waals surface area contributed by atoms with Gasteiger partial charge in [-0.3, -0.25) is 9.69 Å². The van der Waals surface area contributed by atoms with Crippen molar-refractivity contribution in [3.63, 3.8) is 0 Å². The second-order valence-corrected chi connectivity index (χ2v) is 7.15. The van der Waals surface area contributed by atoms with Crippen LogP contribution in [0.15, 0.2) is 71.2 Å². The van der Waals surface area contributed by atoms with E-state index >= 15 is 0 Å². The van der Waals surface area contributed by atoms with E-state index in [4.69, 9.17) is 20.9 Å². The number of allylic oxidation sites excluding steroid dienone is 1. The molecule has 0 aliphatic carbocycles. The summed E-state index contributed by atoms with van der Waals surface area (Å²) in [5.41, 5.74) is 13.0. The summed E-state index contributed by atoms with van der Waals surface area (Å²) in [7, 11) is 2.33. The summed E-state index contributed by atoms with van der Waals surface area (Å²) in [4.78, 5) is 39.2. The van der Waals surface area contributed by atoms with Crippen LogP contribution in [0.2, 0.25) is 0 Å². The van der Waals surface area contributed by atoms with Crippen LogP contribution in [0.1, 0.15) is 27.4 Å². The SMILES string of the molecule is COC(=O)C1=C(C(=O)OC)N(c2cccc(C(N)=O)c2C)C(N)=C(C#N)C1c1ccccc1. The van der Waals surface area contributed by atoms with Crippen LogP contribution in [0.4, 0.5) is 5.69 Å². The molecule has 0 saturated carbocycles. The topological polar surface area (TPSA) is 149 Å². The van der Waals surface area contributed by atoms with Crippen molar-refractivity contribution in [3.05, 3.63) is 87.9 Å². The summed E-state index contributed by atoms with van der Waals surface area (Å²) in [5, 5.41) is 10.0. The Hall–Kier alpha value is -4.58. The van der Waals surface area contributed by atoms with E-state index in [1.807, 2.05) is 0 Å². The molecule has 2 aromatic carbocycles. The van der Waals surface area contributed by atoms with Crippen LogP contribution in [0.3, 0.4) is 0 Å². The Morgan fingerprint density at radius 1 is 1.00 bits per heavy atom. The lowest BCUT2D eigenvalue weighted by molar-refractivity contribution is -0.139. The number of hydrogen-bond acceptors (Lipinski definition) is 8. The zero-order valence-electron chi connectivity index (χ0n) is 18.3. The zero-order chi connectivity index (χ0) is 24.3. The predicted molar refractivity (Wildman–Crippen MR) is 119 cm³/mol. The minimum atomic E-state index is -0.978. The molecule has 0 bridgehead atoms. The van der Waals surface area contributed by atoms with Crippen molar-refractivity contribution in [1.29, 1.82) is 5.26 Å². The summed E-state index contributed by atoms with van der Waals surface area (Å²) in [6.45, 7) is 1.62. The van der Waals surface area contributed by atoms with E-state index in [2.05, 4.69) is 6.07 Å². The Bertz CT molecular complexity index is 1240. The Kier molecular flexibility index (Phi) is 6.49. The maximum absolute atomic E-state index is 13.0. The summed E-state index contributed by atoms with van der Waals surface area (Å²) in [5.74, 6) is -3.47. The lowest BCUT2D eigenvalue weighted by Crippen LogP contribution is -2.41. The Morgan fingerprint density at radius 2 is 1.64 bits per heavy atom. The van der Waals surface area contributed by atoms with Gasteiger partial charge in [-0.15, -0.1) is 0 Å². The molecule has 0 saturated heterocycles. The third kappa shape index (κ3) is 3.90. The Labute approximate surface area is 190 Å². The first kappa shape index (κ1) is 23.1. The van der Waals surface area contributed by atoms with Gasteiger partial charge in [0, 0.05) is 5.56 Å². The van der Waals surface area contributed by atoms with E-state index in [1.54, 1.807) is 49.4 Å². The largest absolute Gasteiger partial charge is 0.466 e. The van der Waals surface area contributed by atoms with E-state index in [1.165, 1.54) is 18.1 Å². The van der Waals surface area contributed by atoms with Gasteiger partial charge in [0.25, 0.3) is 0 Å². The number of ether oxygens (including phenoxy) is 2. The molecule has 0 spiro atoms. The molecule has 1 unspecified atom stereocenters. The predicted octanol–water partition coefficient (Wildman–Crippen LogP) is 1.99. The van der Waals surface area contributed by atoms with E-state index in [9.17, 15) is 19.6 Å². The maximum atomic E-state index is 13.0. The van der Waals surface area contributed by atoms with Gasteiger partial charge in [0.15, 0.2) is 0 Å². The summed E-state index contributed by atoms with van der Waals surface area (Å²) < 4.78 is 9.98. The van der Waals surface area contributed by atoms with Crippen molar-refractivity contribution < 1.29 is 23.9 Å². The van der Waals surface area contributed by atoms with Crippen molar-refractivity contribution >= 4 is 23.5 Å². The van der Waals surface area contributed by atoms with E-state index in [-0.39, 0.29) is 33.9 Å². The number of esters is 2. The fourth-order valence-electron chi connectivity index (χ4n) is 3.90. The van der Waals surface area contributed by atoms with Crippen molar-refractivity contribution in [2.24, 2.45) is 11.5 Å². The van der Waals surface area contributed by atoms with E-state index < -0.39 is 23.8 Å². The molecule has 1 amide bonds. The number of nitriles is 1.